The molecule has 0 saturated carbocycles. The van der Waals surface area contributed by atoms with Crippen LogP contribution < -0.4 is 20.1 Å². The van der Waals surface area contributed by atoms with Gasteiger partial charge in [0.15, 0.2) is 10.2 Å². The van der Waals surface area contributed by atoms with E-state index in [4.69, 9.17) is 27.4 Å². The van der Waals surface area contributed by atoms with Crippen LogP contribution in [0.25, 0.3) is 0 Å². The number of carbonyl (C=O) groups is 2. The number of H-pyrrole nitrogens is 2. The zero-order valence-corrected chi connectivity index (χ0v) is 21.2. The van der Waals surface area contributed by atoms with Crippen molar-refractivity contribution in [2.75, 3.05) is 4.90 Å². The fourth-order valence-corrected chi connectivity index (χ4v) is 6.25. The van der Waals surface area contributed by atoms with Crippen molar-refractivity contribution < 1.29 is 19.1 Å². The second kappa shape index (κ2) is 7.57. The summed E-state index contributed by atoms with van der Waals surface area (Å²) in [6.45, 7) is 6.06. The fourth-order valence-electron chi connectivity index (χ4n) is 6.05. The molecule has 1 aromatic heterocycles. The lowest BCUT2D eigenvalue weighted by Crippen LogP contribution is -2.54. The van der Waals surface area contributed by atoms with Crippen molar-refractivity contribution in [3.63, 3.8) is 0 Å². The van der Waals surface area contributed by atoms with Crippen LogP contribution in [0.3, 0.4) is 0 Å². The quantitative estimate of drug-likeness (QED) is 0.264. The number of anilines is 1. The van der Waals surface area contributed by atoms with Crippen molar-refractivity contribution in [2.24, 2.45) is 5.73 Å². The lowest BCUT2D eigenvalue weighted by molar-refractivity contribution is -0.122. The summed E-state index contributed by atoms with van der Waals surface area (Å²) in [5, 5.41) is 10.3. The highest BCUT2D eigenvalue weighted by molar-refractivity contribution is 7.71. The SMILES string of the molecule is CC1CC(C)(C)N2C(=O)C3(C(C#N)=C(N)Oc4[nH]c(=S)[nH]c43)c3cc(OC(=O)c4ccccc4)cc1c32. The molecule has 2 aromatic carbocycles. The number of carbonyl (C=O) groups excluding carboxylic acids is 2. The van der Waals surface area contributed by atoms with Gasteiger partial charge >= 0.3 is 5.97 Å². The third-order valence-corrected chi connectivity index (χ3v) is 7.64. The molecule has 3 aliphatic heterocycles. The highest BCUT2D eigenvalue weighted by atomic mass is 32.1. The van der Waals surface area contributed by atoms with E-state index >= 15 is 0 Å². The monoisotopic (exact) mass is 513 g/mol. The first-order chi connectivity index (χ1) is 17.6. The molecule has 2 unspecified atom stereocenters. The average molecular weight is 514 g/mol. The third-order valence-electron chi connectivity index (χ3n) is 7.44. The highest BCUT2D eigenvalue weighted by Gasteiger charge is 2.64. The smallest absolute Gasteiger partial charge is 0.343 e. The Balaban J connectivity index is 1.66. The van der Waals surface area contributed by atoms with E-state index in [0.29, 0.717) is 28.9 Å². The molecule has 10 heteroatoms. The number of benzene rings is 2. The average Bonchev–Trinajstić information content (AvgIpc) is 3.34. The summed E-state index contributed by atoms with van der Waals surface area (Å²) in [4.78, 5) is 35.2. The predicted molar refractivity (Wildman–Crippen MR) is 137 cm³/mol. The van der Waals surface area contributed by atoms with E-state index in [2.05, 4.69) is 23.0 Å². The van der Waals surface area contributed by atoms with Crippen LogP contribution in [0.1, 0.15) is 60.3 Å². The zero-order valence-electron chi connectivity index (χ0n) is 20.3. The summed E-state index contributed by atoms with van der Waals surface area (Å²) in [7, 11) is 0. The number of imidazole rings is 1. The summed E-state index contributed by atoms with van der Waals surface area (Å²) >= 11 is 5.32. The van der Waals surface area contributed by atoms with Gasteiger partial charge in [-0.2, -0.15) is 5.26 Å². The first-order valence-electron chi connectivity index (χ1n) is 11.8. The molecule has 6 rings (SSSR count). The van der Waals surface area contributed by atoms with E-state index in [-0.39, 0.29) is 39.7 Å². The van der Waals surface area contributed by atoms with Gasteiger partial charge in [0, 0.05) is 11.1 Å². The maximum atomic E-state index is 14.6. The lowest BCUT2D eigenvalue weighted by Gasteiger charge is -2.44. The molecule has 2 atom stereocenters. The molecule has 0 fully saturated rings. The maximum absolute atomic E-state index is 14.6. The highest BCUT2D eigenvalue weighted by Crippen LogP contribution is 2.61. The molecule has 1 amide bonds. The molecule has 186 valence electrons. The van der Waals surface area contributed by atoms with Gasteiger partial charge in [0.2, 0.25) is 17.7 Å². The Morgan fingerprint density at radius 2 is 2.00 bits per heavy atom. The second-order valence-corrected chi connectivity index (χ2v) is 10.6. The van der Waals surface area contributed by atoms with Gasteiger partial charge in [-0.15, -0.1) is 0 Å². The summed E-state index contributed by atoms with van der Waals surface area (Å²) in [5.41, 5.74) is 6.65. The van der Waals surface area contributed by atoms with Crippen LogP contribution in [-0.4, -0.2) is 27.4 Å². The molecular weight excluding hydrogens is 490 g/mol. The van der Waals surface area contributed by atoms with E-state index in [1.165, 1.54) is 0 Å². The van der Waals surface area contributed by atoms with Crippen LogP contribution >= 0.6 is 12.2 Å². The Hall–Kier alpha value is -4.36. The Morgan fingerprint density at radius 3 is 2.70 bits per heavy atom. The van der Waals surface area contributed by atoms with E-state index < -0.39 is 16.9 Å². The summed E-state index contributed by atoms with van der Waals surface area (Å²) in [5.74, 6) is -0.603. The number of fused-ring (bicyclic) bond motifs is 3. The van der Waals surface area contributed by atoms with Gasteiger partial charge in [0.05, 0.1) is 11.3 Å². The minimum Gasteiger partial charge on any atom is -0.423 e. The molecule has 1 spiro atoms. The number of hydrogen-bond donors (Lipinski definition) is 3. The Bertz CT molecular complexity index is 1650. The summed E-state index contributed by atoms with van der Waals surface area (Å²) in [6, 6.07) is 14.2. The number of nitrogens with two attached hydrogens (primary N) is 1. The first kappa shape index (κ1) is 23.1. The normalized spacial score (nSPS) is 22.8. The maximum Gasteiger partial charge on any atom is 0.343 e. The second-order valence-electron chi connectivity index (χ2n) is 10.2. The van der Waals surface area contributed by atoms with Crippen molar-refractivity contribution in [1.82, 2.24) is 9.97 Å². The van der Waals surface area contributed by atoms with E-state index in [0.717, 1.165) is 5.56 Å². The standard InChI is InChI=1S/C27H23N5O4S/c1-13-11-26(2,3)32-19-16(13)9-15(35-23(33)14-7-5-4-6-8-14)10-17(19)27(24(32)34)18(12-28)21(29)36-22-20(27)30-25(37)31-22/h4-10,13H,11,29H2,1-3H3,(H2,30,31,37). The molecule has 0 saturated heterocycles. The number of rotatable bonds is 2. The Kier molecular flexibility index (Phi) is 4.72. The number of amides is 1. The molecule has 0 aliphatic carbocycles. The number of nitrogens with one attached hydrogen (secondary N) is 2. The number of aromatic nitrogens is 2. The molecule has 0 bridgehead atoms. The van der Waals surface area contributed by atoms with Gasteiger partial charge in [-0.1, -0.05) is 25.1 Å². The Morgan fingerprint density at radius 1 is 1.27 bits per heavy atom. The topological polar surface area (TPSA) is 137 Å². The molecule has 4 heterocycles. The van der Waals surface area contributed by atoms with Crippen molar-refractivity contribution >= 4 is 29.8 Å². The molecule has 37 heavy (non-hydrogen) atoms. The van der Waals surface area contributed by atoms with Crippen LogP contribution in [-0.2, 0) is 10.2 Å². The number of esters is 1. The third kappa shape index (κ3) is 2.98. The number of nitriles is 1. The van der Waals surface area contributed by atoms with Crippen molar-refractivity contribution in [2.45, 2.75) is 44.1 Å². The van der Waals surface area contributed by atoms with E-state index in [1.54, 1.807) is 41.3 Å². The molecule has 3 aliphatic rings. The van der Waals surface area contributed by atoms with Gasteiger partial charge in [-0.05, 0) is 68.2 Å². The van der Waals surface area contributed by atoms with E-state index in [1.807, 2.05) is 19.9 Å². The summed E-state index contributed by atoms with van der Waals surface area (Å²) in [6.07, 6.45) is 0.658. The van der Waals surface area contributed by atoms with Crippen LogP contribution in [0.15, 0.2) is 53.9 Å². The summed E-state index contributed by atoms with van der Waals surface area (Å²) < 4.78 is 11.7. The van der Waals surface area contributed by atoms with Crippen molar-refractivity contribution in [3.8, 4) is 17.7 Å². The van der Waals surface area contributed by atoms with Gasteiger partial charge < -0.3 is 30.1 Å². The minimum absolute atomic E-state index is 0.0363. The number of hydrogen-bond acceptors (Lipinski definition) is 7. The number of nitrogens with zero attached hydrogens (tertiary/aromatic N) is 2. The molecule has 3 aromatic rings. The Labute approximate surface area is 217 Å². The first-order valence-corrected chi connectivity index (χ1v) is 12.2. The van der Waals surface area contributed by atoms with Crippen LogP contribution in [0.5, 0.6) is 11.6 Å². The van der Waals surface area contributed by atoms with Gasteiger partial charge in [0.25, 0.3) is 0 Å². The largest absolute Gasteiger partial charge is 0.423 e. The van der Waals surface area contributed by atoms with Crippen LogP contribution in [0.2, 0.25) is 0 Å². The predicted octanol–water partition coefficient (Wildman–Crippen LogP) is 4.30. The molecule has 0 radical (unpaired) electrons. The zero-order chi connectivity index (χ0) is 26.3. The minimum atomic E-state index is -1.65. The van der Waals surface area contributed by atoms with Crippen LogP contribution in [0.4, 0.5) is 5.69 Å². The van der Waals surface area contributed by atoms with E-state index in [9.17, 15) is 14.9 Å². The van der Waals surface area contributed by atoms with Crippen LogP contribution in [0, 0.1) is 16.1 Å². The number of ether oxygens (including phenoxy) is 2. The fraction of sp³-hybridized carbons (Fsp3) is 0.259. The van der Waals surface area contributed by atoms with Crippen molar-refractivity contribution in [1.29, 1.82) is 5.26 Å². The molecule has 4 N–H and O–H groups in total. The van der Waals surface area contributed by atoms with Gasteiger partial charge in [-0.25, -0.2) is 4.79 Å². The van der Waals surface area contributed by atoms with Gasteiger partial charge in [-0.3, -0.25) is 4.79 Å². The van der Waals surface area contributed by atoms with Crippen molar-refractivity contribution in [3.05, 3.63) is 81.1 Å². The lowest BCUT2D eigenvalue weighted by atomic mass is 9.71. The van der Waals surface area contributed by atoms with Gasteiger partial charge in [0.1, 0.15) is 23.1 Å². The number of aromatic amines is 2. The molecule has 9 nitrogen and oxygen atoms in total. The molecular formula is C27H23N5O4S.